The Balaban J connectivity index is 3.88. The summed E-state index contributed by atoms with van der Waals surface area (Å²) in [5, 5.41) is 0. The van der Waals surface area contributed by atoms with Gasteiger partial charge in [-0.2, -0.15) is 0 Å². The molecule has 0 aliphatic rings. The summed E-state index contributed by atoms with van der Waals surface area (Å²) in [5.74, 6) is 4.24. The molecule has 0 fully saturated rings. The summed E-state index contributed by atoms with van der Waals surface area (Å²) >= 11 is 0. The Labute approximate surface area is 77.2 Å². The van der Waals surface area contributed by atoms with Crippen LogP contribution in [-0.2, 0) is 9.59 Å². The number of nitrogens with two attached hydrogens (primary N) is 2. The quantitative estimate of drug-likeness (QED) is 0.268. The molecule has 13 heavy (non-hydrogen) atoms. The topological polar surface area (TPSA) is 101 Å². The first-order chi connectivity index (χ1) is 5.97. The van der Waals surface area contributed by atoms with E-state index in [0.29, 0.717) is 0 Å². The lowest BCUT2D eigenvalue weighted by molar-refractivity contribution is -0.124. The van der Waals surface area contributed by atoms with E-state index in [1.807, 2.05) is 12.3 Å². The number of likely N-dealkylation sites (N-methyl/N-ethyl adjacent to an activating group) is 1. The Kier molecular flexibility index (Phi) is 5.01. The number of hydrogen-bond acceptors (Lipinski definition) is 4. The third-order valence-corrected chi connectivity index (χ3v) is 1.80. The molecule has 0 rings (SSSR count). The van der Waals surface area contributed by atoms with E-state index in [1.165, 1.54) is 0 Å². The minimum atomic E-state index is -0.414. The SMILES string of the molecule is CC(CC(=O)NN)N(C)CC(N)=O. The van der Waals surface area contributed by atoms with Crippen LogP contribution in [0.25, 0.3) is 0 Å². The molecule has 1 unspecified atom stereocenters. The number of nitrogens with zero attached hydrogens (tertiary/aromatic N) is 1. The highest BCUT2D eigenvalue weighted by atomic mass is 16.2. The fourth-order valence-electron chi connectivity index (χ4n) is 0.885. The summed E-state index contributed by atoms with van der Waals surface area (Å²) in [6.45, 7) is 1.96. The first-order valence-electron chi connectivity index (χ1n) is 3.95. The molecule has 0 saturated heterocycles. The molecule has 0 aliphatic heterocycles. The molecule has 76 valence electrons. The lowest BCUT2D eigenvalue weighted by Crippen LogP contribution is -2.41. The van der Waals surface area contributed by atoms with Crippen molar-refractivity contribution in [2.45, 2.75) is 19.4 Å². The van der Waals surface area contributed by atoms with Crippen LogP contribution >= 0.6 is 0 Å². The largest absolute Gasteiger partial charge is 0.369 e. The van der Waals surface area contributed by atoms with Gasteiger partial charge in [-0.25, -0.2) is 5.84 Å². The fraction of sp³-hybridized carbons (Fsp3) is 0.714. The second-order valence-corrected chi connectivity index (χ2v) is 3.00. The molecule has 0 spiro atoms. The van der Waals surface area contributed by atoms with Crippen LogP contribution in [0.1, 0.15) is 13.3 Å². The fourth-order valence-corrected chi connectivity index (χ4v) is 0.885. The van der Waals surface area contributed by atoms with Crippen molar-refractivity contribution in [1.29, 1.82) is 0 Å². The molecule has 1 atom stereocenters. The number of amides is 2. The van der Waals surface area contributed by atoms with Crippen molar-refractivity contribution in [1.82, 2.24) is 10.3 Å². The molecule has 0 aromatic carbocycles. The van der Waals surface area contributed by atoms with Crippen LogP contribution in [0.15, 0.2) is 0 Å². The van der Waals surface area contributed by atoms with Gasteiger partial charge in [0.25, 0.3) is 0 Å². The van der Waals surface area contributed by atoms with E-state index < -0.39 is 5.91 Å². The van der Waals surface area contributed by atoms with Gasteiger partial charge in [0.05, 0.1) is 6.54 Å². The molecule has 5 N–H and O–H groups in total. The molecule has 0 aliphatic carbocycles. The minimum absolute atomic E-state index is 0.0592. The lowest BCUT2D eigenvalue weighted by Gasteiger charge is -2.22. The summed E-state index contributed by atoms with van der Waals surface area (Å²) < 4.78 is 0. The summed E-state index contributed by atoms with van der Waals surface area (Å²) in [7, 11) is 1.72. The van der Waals surface area contributed by atoms with Gasteiger partial charge in [-0.15, -0.1) is 0 Å². The molecule has 0 heterocycles. The van der Waals surface area contributed by atoms with Gasteiger partial charge >= 0.3 is 0 Å². The molecule has 0 saturated carbocycles. The van der Waals surface area contributed by atoms with Crippen molar-refractivity contribution in [3.05, 3.63) is 0 Å². The van der Waals surface area contributed by atoms with Crippen LogP contribution in [0.3, 0.4) is 0 Å². The Morgan fingerprint density at radius 2 is 2.08 bits per heavy atom. The number of carbonyl (C=O) groups is 2. The molecule has 2 amide bonds. The highest BCUT2D eigenvalue weighted by Gasteiger charge is 2.14. The molecular weight excluding hydrogens is 172 g/mol. The van der Waals surface area contributed by atoms with Crippen molar-refractivity contribution < 1.29 is 9.59 Å². The zero-order valence-electron chi connectivity index (χ0n) is 7.91. The second-order valence-electron chi connectivity index (χ2n) is 3.00. The molecule has 0 radical (unpaired) electrons. The lowest BCUT2D eigenvalue weighted by atomic mass is 10.2. The Morgan fingerprint density at radius 1 is 1.54 bits per heavy atom. The molecule has 0 bridgehead atoms. The van der Waals surface area contributed by atoms with Gasteiger partial charge in [0, 0.05) is 12.5 Å². The number of rotatable bonds is 5. The Hall–Kier alpha value is -1.14. The van der Waals surface area contributed by atoms with E-state index in [9.17, 15) is 9.59 Å². The van der Waals surface area contributed by atoms with Crippen LogP contribution in [0.2, 0.25) is 0 Å². The van der Waals surface area contributed by atoms with Gasteiger partial charge in [0.2, 0.25) is 11.8 Å². The Bertz CT molecular complexity index is 195. The van der Waals surface area contributed by atoms with Crippen molar-refractivity contribution in [2.24, 2.45) is 11.6 Å². The molecule has 0 aromatic rings. The normalized spacial score (nSPS) is 12.6. The van der Waals surface area contributed by atoms with Crippen LogP contribution in [0.4, 0.5) is 0 Å². The standard InChI is InChI=1S/C7H16N4O2/c1-5(3-7(13)10-9)11(2)4-6(8)12/h5H,3-4,9H2,1-2H3,(H2,8,12)(H,10,13). The number of hydrogen-bond donors (Lipinski definition) is 3. The van der Waals surface area contributed by atoms with Crippen LogP contribution < -0.4 is 17.0 Å². The summed E-state index contributed by atoms with van der Waals surface area (Å²) in [6.07, 6.45) is 0.250. The number of primary amides is 1. The molecule has 0 aromatic heterocycles. The van der Waals surface area contributed by atoms with E-state index in [0.717, 1.165) is 0 Å². The first-order valence-corrected chi connectivity index (χ1v) is 3.95. The van der Waals surface area contributed by atoms with Gasteiger partial charge in [-0.3, -0.25) is 19.9 Å². The predicted molar refractivity (Wildman–Crippen MR) is 48.2 cm³/mol. The minimum Gasteiger partial charge on any atom is -0.369 e. The van der Waals surface area contributed by atoms with Crippen molar-refractivity contribution in [3.8, 4) is 0 Å². The van der Waals surface area contributed by atoms with E-state index in [1.54, 1.807) is 11.9 Å². The molecular formula is C7H16N4O2. The second kappa shape index (κ2) is 5.50. The van der Waals surface area contributed by atoms with E-state index >= 15 is 0 Å². The monoisotopic (exact) mass is 188 g/mol. The van der Waals surface area contributed by atoms with Crippen LogP contribution in [-0.4, -0.2) is 36.3 Å². The maximum Gasteiger partial charge on any atom is 0.235 e. The number of nitrogens with one attached hydrogen (secondary N) is 1. The number of hydrazine groups is 1. The zero-order chi connectivity index (χ0) is 10.4. The summed E-state index contributed by atoms with van der Waals surface area (Å²) in [5.41, 5.74) is 7.01. The van der Waals surface area contributed by atoms with Gasteiger partial charge in [-0.05, 0) is 14.0 Å². The smallest absolute Gasteiger partial charge is 0.235 e. The van der Waals surface area contributed by atoms with E-state index in [-0.39, 0.29) is 24.9 Å². The Morgan fingerprint density at radius 3 is 2.46 bits per heavy atom. The van der Waals surface area contributed by atoms with Crippen molar-refractivity contribution in [3.63, 3.8) is 0 Å². The van der Waals surface area contributed by atoms with E-state index in [4.69, 9.17) is 11.6 Å². The average molecular weight is 188 g/mol. The highest BCUT2D eigenvalue weighted by Crippen LogP contribution is 1.99. The summed E-state index contributed by atoms with van der Waals surface area (Å²) in [4.78, 5) is 23.1. The van der Waals surface area contributed by atoms with Gasteiger partial charge in [0.15, 0.2) is 0 Å². The first kappa shape index (κ1) is 11.9. The number of carbonyl (C=O) groups excluding carboxylic acids is 2. The third kappa shape index (κ3) is 5.15. The van der Waals surface area contributed by atoms with Crippen molar-refractivity contribution >= 4 is 11.8 Å². The average Bonchev–Trinajstić information content (AvgIpc) is 2.02. The molecule has 6 nitrogen and oxygen atoms in total. The maximum atomic E-state index is 10.8. The summed E-state index contributed by atoms with van der Waals surface area (Å²) in [6, 6.07) is -0.0592. The van der Waals surface area contributed by atoms with Gasteiger partial charge in [0.1, 0.15) is 0 Å². The molecule has 6 heteroatoms. The zero-order valence-corrected chi connectivity index (χ0v) is 7.91. The highest BCUT2D eigenvalue weighted by molar-refractivity contribution is 5.77. The third-order valence-electron chi connectivity index (χ3n) is 1.80. The maximum absolute atomic E-state index is 10.8. The predicted octanol–water partition coefficient (Wildman–Crippen LogP) is -1.83. The van der Waals surface area contributed by atoms with Crippen LogP contribution in [0, 0.1) is 0 Å². The van der Waals surface area contributed by atoms with Gasteiger partial charge in [-0.1, -0.05) is 0 Å². The van der Waals surface area contributed by atoms with Gasteiger partial charge < -0.3 is 5.73 Å². The van der Waals surface area contributed by atoms with Crippen molar-refractivity contribution in [2.75, 3.05) is 13.6 Å². The van der Waals surface area contributed by atoms with Crippen LogP contribution in [0.5, 0.6) is 0 Å². The van der Waals surface area contributed by atoms with E-state index in [2.05, 4.69) is 0 Å².